The molecule has 0 radical (unpaired) electrons. The second-order valence-electron chi connectivity index (χ2n) is 5.56. The highest BCUT2D eigenvalue weighted by molar-refractivity contribution is 5.13. The van der Waals surface area contributed by atoms with Crippen molar-refractivity contribution in [3.63, 3.8) is 0 Å². The lowest BCUT2D eigenvalue weighted by atomic mass is 9.96. The molecule has 5 nitrogen and oxygen atoms in total. The minimum atomic E-state index is -0.0918. The van der Waals surface area contributed by atoms with Gasteiger partial charge in [-0.15, -0.1) is 0 Å². The molecule has 5 heteroatoms. The summed E-state index contributed by atoms with van der Waals surface area (Å²) < 4.78 is 2.13. The minimum Gasteiger partial charge on any atom is -0.324 e. The Labute approximate surface area is 119 Å². The molecular weight excluding hydrogens is 250 g/mol. The van der Waals surface area contributed by atoms with Crippen LogP contribution >= 0.6 is 0 Å². The maximum Gasteiger partial charge on any atom is 0.115 e. The van der Waals surface area contributed by atoms with Gasteiger partial charge >= 0.3 is 0 Å². The van der Waals surface area contributed by atoms with Crippen molar-refractivity contribution in [2.45, 2.75) is 50.6 Å². The summed E-state index contributed by atoms with van der Waals surface area (Å²) in [6.45, 7) is 0. The second kappa shape index (κ2) is 6.13. The fraction of sp³-hybridized carbons (Fsp3) is 0.533. The van der Waals surface area contributed by atoms with E-state index in [0.29, 0.717) is 6.04 Å². The number of nitrogens with zero attached hydrogens (tertiary/aromatic N) is 4. The Morgan fingerprint density at radius 1 is 1.20 bits per heavy atom. The molecular formula is C15H21N5. The van der Waals surface area contributed by atoms with E-state index in [0.717, 1.165) is 17.7 Å². The van der Waals surface area contributed by atoms with Crippen molar-refractivity contribution in [2.24, 2.45) is 5.73 Å². The first kappa shape index (κ1) is 13.2. The van der Waals surface area contributed by atoms with Gasteiger partial charge in [-0.2, -0.15) is 5.10 Å². The lowest BCUT2D eigenvalue weighted by molar-refractivity contribution is 0.328. The molecule has 2 aromatic rings. The molecule has 20 heavy (non-hydrogen) atoms. The Hall–Kier alpha value is -1.75. The van der Waals surface area contributed by atoms with Crippen LogP contribution in [-0.2, 0) is 6.42 Å². The van der Waals surface area contributed by atoms with Gasteiger partial charge in [0.05, 0.1) is 11.7 Å². The van der Waals surface area contributed by atoms with Crippen molar-refractivity contribution in [3.8, 4) is 0 Å². The van der Waals surface area contributed by atoms with Gasteiger partial charge in [-0.1, -0.05) is 19.3 Å². The summed E-state index contributed by atoms with van der Waals surface area (Å²) in [4.78, 5) is 8.02. The fourth-order valence-corrected chi connectivity index (χ4v) is 2.88. The summed E-state index contributed by atoms with van der Waals surface area (Å²) in [5.74, 6) is 0. The normalized spacial score (nSPS) is 18.1. The van der Waals surface area contributed by atoms with Crippen molar-refractivity contribution in [3.05, 3.63) is 42.2 Å². The van der Waals surface area contributed by atoms with Gasteiger partial charge in [-0.3, -0.25) is 4.68 Å². The van der Waals surface area contributed by atoms with E-state index in [1.165, 1.54) is 38.4 Å². The van der Waals surface area contributed by atoms with Gasteiger partial charge in [-0.05, 0) is 18.9 Å². The highest BCUT2D eigenvalue weighted by Crippen LogP contribution is 2.27. The van der Waals surface area contributed by atoms with Gasteiger partial charge < -0.3 is 5.73 Å². The standard InChI is InChI=1S/C15H21N5/c16-15(12-9-17-11-18-10-12)8-13-6-7-20(19-13)14-4-2-1-3-5-14/h6-7,9-11,14-15H,1-5,8,16H2. The van der Waals surface area contributed by atoms with E-state index in [2.05, 4.69) is 26.9 Å². The zero-order valence-electron chi connectivity index (χ0n) is 11.7. The summed E-state index contributed by atoms with van der Waals surface area (Å²) in [6, 6.07) is 2.57. The fourth-order valence-electron chi connectivity index (χ4n) is 2.88. The summed E-state index contributed by atoms with van der Waals surface area (Å²) in [7, 11) is 0. The van der Waals surface area contributed by atoms with Crippen LogP contribution in [-0.4, -0.2) is 19.7 Å². The molecule has 0 amide bonds. The molecule has 106 valence electrons. The molecule has 1 atom stereocenters. The van der Waals surface area contributed by atoms with Gasteiger partial charge in [0, 0.05) is 36.6 Å². The average Bonchev–Trinajstić information content (AvgIpc) is 2.97. The summed E-state index contributed by atoms with van der Waals surface area (Å²) in [5.41, 5.74) is 8.19. The third-order valence-electron chi connectivity index (χ3n) is 4.05. The van der Waals surface area contributed by atoms with Crippen LogP contribution in [0.5, 0.6) is 0 Å². The smallest absolute Gasteiger partial charge is 0.115 e. The van der Waals surface area contributed by atoms with Gasteiger partial charge in [0.25, 0.3) is 0 Å². The number of aromatic nitrogens is 4. The van der Waals surface area contributed by atoms with Crippen molar-refractivity contribution in [2.75, 3.05) is 0 Å². The van der Waals surface area contributed by atoms with Crippen LogP contribution in [0.15, 0.2) is 31.0 Å². The van der Waals surface area contributed by atoms with Crippen molar-refractivity contribution >= 4 is 0 Å². The highest BCUT2D eigenvalue weighted by Gasteiger charge is 2.17. The molecule has 1 unspecified atom stereocenters. The molecule has 0 aliphatic heterocycles. The predicted molar refractivity (Wildman–Crippen MR) is 77.0 cm³/mol. The summed E-state index contributed by atoms with van der Waals surface area (Å²) in [6.07, 6.45) is 14.4. The Balaban J connectivity index is 1.65. The summed E-state index contributed by atoms with van der Waals surface area (Å²) >= 11 is 0. The lowest BCUT2D eigenvalue weighted by Crippen LogP contribution is -2.16. The van der Waals surface area contributed by atoms with Crippen LogP contribution in [0.4, 0.5) is 0 Å². The van der Waals surface area contributed by atoms with Crippen LogP contribution in [0.2, 0.25) is 0 Å². The van der Waals surface area contributed by atoms with E-state index in [1.54, 1.807) is 12.4 Å². The number of rotatable bonds is 4. The number of hydrogen-bond acceptors (Lipinski definition) is 4. The Kier molecular flexibility index (Phi) is 4.06. The molecule has 1 aliphatic carbocycles. The molecule has 1 fully saturated rings. The Morgan fingerprint density at radius 3 is 2.70 bits per heavy atom. The monoisotopic (exact) mass is 271 g/mol. The van der Waals surface area contributed by atoms with Gasteiger partial charge in [0.2, 0.25) is 0 Å². The zero-order chi connectivity index (χ0) is 13.8. The molecule has 3 rings (SSSR count). The highest BCUT2D eigenvalue weighted by atomic mass is 15.3. The second-order valence-corrected chi connectivity index (χ2v) is 5.56. The third kappa shape index (κ3) is 3.04. The SMILES string of the molecule is NC(Cc1ccn(C2CCCCC2)n1)c1cncnc1. The molecule has 1 saturated carbocycles. The molecule has 2 N–H and O–H groups in total. The Bertz CT molecular complexity index is 530. The van der Waals surface area contributed by atoms with E-state index in [4.69, 9.17) is 10.8 Å². The van der Waals surface area contributed by atoms with Crippen LogP contribution in [0, 0.1) is 0 Å². The predicted octanol–water partition coefficient (Wildman–Crippen LogP) is 2.42. The first-order valence-corrected chi connectivity index (χ1v) is 7.37. The van der Waals surface area contributed by atoms with Crippen LogP contribution in [0.1, 0.15) is 55.4 Å². The summed E-state index contributed by atoms with van der Waals surface area (Å²) in [5, 5.41) is 4.70. The maximum atomic E-state index is 6.19. The lowest BCUT2D eigenvalue weighted by Gasteiger charge is -2.21. The molecule has 2 aromatic heterocycles. The van der Waals surface area contributed by atoms with Gasteiger partial charge in [0.15, 0.2) is 0 Å². The third-order valence-corrected chi connectivity index (χ3v) is 4.05. The van der Waals surface area contributed by atoms with Crippen LogP contribution < -0.4 is 5.73 Å². The van der Waals surface area contributed by atoms with E-state index >= 15 is 0 Å². The average molecular weight is 271 g/mol. The van der Waals surface area contributed by atoms with Crippen LogP contribution in [0.25, 0.3) is 0 Å². The van der Waals surface area contributed by atoms with E-state index in [-0.39, 0.29) is 6.04 Å². The first-order valence-electron chi connectivity index (χ1n) is 7.37. The van der Waals surface area contributed by atoms with Crippen molar-refractivity contribution in [1.82, 2.24) is 19.7 Å². The molecule has 0 aromatic carbocycles. The van der Waals surface area contributed by atoms with E-state index in [9.17, 15) is 0 Å². The largest absolute Gasteiger partial charge is 0.324 e. The molecule has 0 saturated heterocycles. The van der Waals surface area contributed by atoms with Gasteiger partial charge in [-0.25, -0.2) is 9.97 Å². The molecule has 2 heterocycles. The van der Waals surface area contributed by atoms with Crippen molar-refractivity contribution in [1.29, 1.82) is 0 Å². The van der Waals surface area contributed by atoms with Crippen molar-refractivity contribution < 1.29 is 0 Å². The van der Waals surface area contributed by atoms with Crippen LogP contribution in [0.3, 0.4) is 0 Å². The van der Waals surface area contributed by atoms with E-state index in [1.807, 2.05) is 0 Å². The number of nitrogens with two attached hydrogens (primary N) is 1. The minimum absolute atomic E-state index is 0.0918. The molecule has 0 spiro atoms. The zero-order valence-corrected chi connectivity index (χ0v) is 11.7. The first-order chi connectivity index (χ1) is 9.83. The Morgan fingerprint density at radius 2 is 1.95 bits per heavy atom. The maximum absolute atomic E-state index is 6.19. The van der Waals surface area contributed by atoms with Gasteiger partial charge in [0.1, 0.15) is 6.33 Å². The quantitative estimate of drug-likeness (QED) is 0.927. The topological polar surface area (TPSA) is 69.6 Å². The molecule has 1 aliphatic rings. The molecule has 0 bridgehead atoms. The number of hydrogen-bond donors (Lipinski definition) is 1. The van der Waals surface area contributed by atoms with E-state index < -0.39 is 0 Å².